The van der Waals surface area contributed by atoms with Crippen molar-refractivity contribution in [1.82, 2.24) is 0 Å². The lowest BCUT2D eigenvalue weighted by Gasteiger charge is -2.09. The predicted molar refractivity (Wildman–Crippen MR) is 100 cm³/mol. The molecule has 2 amide bonds. The molecule has 0 heterocycles. The van der Waals surface area contributed by atoms with Gasteiger partial charge in [0.1, 0.15) is 18.2 Å². The molecule has 3 aromatic carbocycles. The van der Waals surface area contributed by atoms with Gasteiger partial charge in [-0.05, 0) is 60.2 Å². The monoisotopic (exact) mass is 364 g/mol. The maximum absolute atomic E-state index is 12.9. The Hall–Kier alpha value is -3.67. The number of carbonyl (C=O) groups is 2. The fourth-order valence-electron chi connectivity index (χ4n) is 2.40. The Labute approximate surface area is 155 Å². The van der Waals surface area contributed by atoms with Crippen molar-refractivity contribution in [2.24, 2.45) is 5.73 Å². The molecular formula is C21H17FN2O3. The summed E-state index contributed by atoms with van der Waals surface area (Å²) < 4.78 is 18.6. The van der Waals surface area contributed by atoms with E-state index in [9.17, 15) is 14.0 Å². The minimum absolute atomic E-state index is 0.264. The zero-order valence-electron chi connectivity index (χ0n) is 14.3. The molecule has 3 rings (SSSR count). The number of hydrogen-bond donors (Lipinski definition) is 2. The van der Waals surface area contributed by atoms with Crippen molar-refractivity contribution >= 4 is 17.5 Å². The van der Waals surface area contributed by atoms with Crippen molar-refractivity contribution in [3.63, 3.8) is 0 Å². The molecule has 0 fully saturated rings. The number of amides is 2. The average molecular weight is 364 g/mol. The molecule has 3 N–H and O–H groups in total. The highest BCUT2D eigenvalue weighted by Gasteiger charge is 2.08. The van der Waals surface area contributed by atoms with Gasteiger partial charge in [-0.3, -0.25) is 9.59 Å². The van der Waals surface area contributed by atoms with Gasteiger partial charge in [0, 0.05) is 16.8 Å². The molecule has 3 aromatic rings. The molecule has 0 aliphatic rings. The van der Waals surface area contributed by atoms with Gasteiger partial charge in [0.15, 0.2) is 0 Å². The second kappa shape index (κ2) is 8.14. The third kappa shape index (κ3) is 4.92. The van der Waals surface area contributed by atoms with E-state index in [1.165, 1.54) is 12.1 Å². The largest absolute Gasteiger partial charge is 0.489 e. The van der Waals surface area contributed by atoms with Crippen LogP contribution in [-0.2, 0) is 6.61 Å². The van der Waals surface area contributed by atoms with Gasteiger partial charge in [0.2, 0.25) is 5.91 Å². The summed E-state index contributed by atoms with van der Waals surface area (Å²) >= 11 is 0. The van der Waals surface area contributed by atoms with Gasteiger partial charge in [0.25, 0.3) is 5.91 Å². The minimum atomic E-state index is -0.529. The molecule has 0 aliphatic carbocycles. The molecule has 0 saturated heterocycles. The molecule has 0 unspecified atom stereocenters. The molecule has 6 heteroatoms. The Morgan fingerprint density at radius 2 is 1.63 bits per heavy atom. The topological polar surface area (TPSA) is 81.4 Å². The number of nitrogens with one attached hydrogen (secondary N) is 1. The quantitative estimate of drug-likeness (QED) is 0.699. The van der Waals surface area contributed by atoms with E-state index in [1.54, 1.807) is 60.7 Å². The average Bonchev–Trinajstić information content (AvgIpc) is 2.68. The van der Waals surface area contributed by atoms with Gasteiger partial charge >= 0.3 is 0 Å². The van der Waals surface area contributed by atoms with Crippen molar-refractivity contribution in [3.05, 3.63) is 95.3 Å². The highest BCUT2D eigenvalue weighted by molar-refractivity contribution is 6.04. The van der Waals surface area contributed by atoms with E-state index in [1.807, 2.05) is 0 Å². The maximum atomic E-state index is 12.9. The van der Waals surface area contributed by atoms with E-state index in [-0.39, 0.29) is 18.3 Å². The number of primary amides is 1. The minimum Gasteiger partial charge on any atom is -0.489 e. The number of rotatable bonds is 6. The lowest BCUT2D eigenvalue weighted by Crippen LogP contribution is -2.13. The molecule has 0 spiro atoms. The number of carbonyl (C=O) groups excluding carboxylic acids is 2. The fourth-order valence-corrected chi connectivity index (χ4v) is 2.40. The second-order valence-electron chi connectivity index (χ2n) is 5.84. The van der Waals surface area contributed by atoms with Gasteiger partial charge < -0.3 is 15.8 Å². The van der Waals surface area contributed by atoms with Crippen LogP contribution in [0.3, 0.4) is 0 Å². The Balaban J connectivity index is 1.64. The van der Waals surface area contributed by atoms with Crippen LogP contribution in [0.25, 0.3) is 0 Å². The standard InChI is InChI=1S/C21H17FN2O3/c22-17-8-4-14(5-9-17)13-27-19-3-1-2-16(12-19)21(26)24-18-10-6-15(7-11-18)20(23)25/h1-12H,13H2,(H2,23,25)(H,24,26). The third-order valence-electron chi connectivity index (χ3n) is 3.84. The summed E-state index contributed by atoms with van der Waals surface area (Å²) in [4.78, 5) is 23.5. The Bertz CT molecular complexity index is 954. The zero-order chi connectivity index (χ0) is 19.2. The maximum Gasteiger partial charge on any atom is 0.255 e. The predicted octanol–water partition coefficient (Wildman–Crippen LogP) is 3.76. The number of anilines is 1. The van der Waals surface area contributed by atoms with Crippen LogP contribution in [-0.4, -0.2) is 11.8 Å². The first-order chi connectivity index (χ1) is 13.0. The Morgan fingerprint density at radius 1 is 0.926 bits per heavy atom. The Morgan fingerprint density at radius 3 is 2.30 bits per heavy atom. The summed E-state index contributed by atoms with van der Waals surface area (Å²) in [6, 6.07) is 19.0. The van der Waals surface area contributed by atoms with Crippen LogP contribution < -0.4 is 15.8 Å². The normalized spacial score (nSPS) is 10.3. The number of ether oxygens (including phenoxy) is 1. The van der Waals surface area contributed by atoms with Gasteiger partial charge in [-0.25, -0.2) is 4.39 Å². The molecule has 0 saturated carbocycles. The summed E-state index contributed by atoms with van der Waals surface area (Å²) in [5.41, 5.74) is 7.34. The molecule has 0 aromatic heterocycles. The Kier molecular flexibility index (Phi) is 5.47. The number of benzene rings is 3. The fraction of sp³-hybridized carbons (Fsp3) is 0.0476. The van der Waals surface area contributed by atoms with Crippen molar-refractivity contribution < 1.29 is 18.7 Å². The second-order valence-corrected chi connectivity index (χ2v) is 5.84. The van der Waals surface area contributed by atoms with Crippen molar-refractivity contribution in [1.29, 1.82) is 0 Å². The van der Waals surface area contributed by atoms with Crippen LogP contribution >= 0.6 is 0 Å². The molecule has 0 aliphatic heterocycles. The molecular weight excluding hydrogens is 347 g/mol. The smallest absolute Gasteiger partial charge is 0.255 e. The molecule has 0 radical (unpaired) electrons. The lowest BCUT2D eigenvalue weighted by molar-refractivity contribution is 0.0998. The first-order valence-corrected chi connectivity index (χ1v) is 8.20. The molecule has 5 nitrogen and oxygen atoms in total. The first kappa shape index (κ1) is 18.1. The zero-order valence-corrected chi connectivity index (χ0v) is 14.3. The highest BCUT2D eigenvalue weighted by Crippen LogP contribution is 2.17. The van der Waals surface area contributed by atoms with E-state index in [0.29, 0.717) is 22.6 Å². The number of halogens is 1. The van der Waals surface area contributed by atoms with Crippen LogP contribution in [0, 0.1) is 5.82 Å². The van der Waals surface area contributed by atoms with Gasteiger partial charge in [-0.1, -0.05) is 18.2 Å². The molecule has 27 heavy (non-hydrogen) atoms. The molecule has 0 atom stereocenters. The van der Waals surface area contributed by atoms with E-state index in [2.05, 4.69) is 5.32 Å². The van der Waals surface area contributed by atoms with Crippen LogP contribution in [0.15, 0.2) is 72.8 Å². The van der Waals surface area contributed by atoms with Gasteiger partial charge in [-0.15, -0.1) is 0 Å². The van der Waals surface area contributed by atoms with Crippen LogP contribution in [0.4, 0.5) is 10.1 Å². The number of nitrogens with two attached hydrogens (primary N) is 1. The van der Waals surface area contributed by atoms with Gasteiger partial charge in [-0.2, -0.15) is 0 Å². The lowest BCUT2D eigenvalue weighted by atomic mass is 10.1. The van der Waals surface area contributed by atoms with E-state index in [0.717, 1.165) is 5.56 Å². The van der Waals surface area contributed by atoms with Crippen molar-refractivity contribution in [2.45, 2.75) is 6.61 Å². The van der Waals surface area contributed by atoms with E-state index >= 15 is 0 Å². The van der Waals surface area contributed by atoms with Crippen molar-refractivity contribution in [3.8, 4) is 5.75 Å². The van der Waals surface area contributed by atoms with Crippen molar-refractivity contribution in [2.75, 3.05) is 5.32 Å². The third-order valence-corrected chi connectivity index (χ3v) is 3.84. The van der Waals surface area contributed by atoms with Crippen LogP contribution in [0.1, 0.15) is 26.3 Å². The summed E-state index contributed by atoms with van der Waals surface area (Å²) in [5.74, 6) is -0.620. The summed E-state index contributed by atoms with van der Waals surface area (Å²) in [5, 5.41) is 2.74. The van der Waals surface area contributed by atoms with Crippen LogP contribution in [0.2, 0.25) is 0 Å². The summed E-state index contributed by atoms with van der Waals surface area (Å²) in [7, 11) is 0. The SMILES string of the molecule is NC(=O)c1ccc(NC(=O)c2cccc(OCc3ccc(F)cc3)c2)cc1. The van der Waals surface area contributed by atoms with E-state index < -0.39 is 5.91 Å². The van der Waals surface area contributed by atoms with Crippen LogP contribution in [0.5, 0.6) is 5.75 Å². The summed E-state index contributed by atoms with van der Waals surface area (Å²) in [6.45, 7) is 0.264. The number of hydrogen-bond acceptors (Lipinski definition) is 3. The van der Waals surface area contributed by atoms with Gasteiger partial charge in [0.05, 0.1) is 0 Å². The summed E-state index contributed by atoms with van der Waals surface area (Å²) in [6.07, 6.45) is 0. The highest BCUT2D eigenvalue weighted by atomic mass is 19.1. The molecule has 136 valence electrons. The van der Waals surface area contributed by atoms with E-state index in [4.69, 9.17) is 10.5 Å². The first-order valence-electron chi connectivity index (χ1n) is 8.20. The molecule has 0 bridgehead atoms.